The monoisotopic (exact) mass is 249 g/mol. The number of hydrogen-bond donors (Lipinski definition) is 4. The molecule has 7 nitrogen and oxygen atoms in total. The predicted molar refractivity (Wildman–Crippen MR) is 59.5 cm³/mol. The van der Waals surface area contributed by atoms with Crippen LogP contribution in [0.4, 0.5) is 0 Å². The van der Waals surface area contributed by atoms with Crippen molar-refractivity contribution in [3.63, 3.8) is 0 Å². The van der Waals surface area contributed by atoms with Gasteiger partial charge in [0.2, 0.25) is 0 Å². The van der Waals surface area contributed by atoms with Crippen molar-refractivity contribution >= 4 is 7.82 Å². The first-order valence-electron chi connectivity index (χ1n) is 4.30. The highest BCUT2D eigenvalue weighted by atomic mass is 31.2. The molecule has 98 valence electrons. The Balaban J connectivity index is -0.0000000675. The van der Waals surface area contributed by atoms with Crippen LogP contribution in [0.2, 0.25) is 0 Å². The topological polar surface area (TPSA) is 133 Å². The number of aliphatic hydroxyl groups excluding tert-OH is 1. The standard InChI is InChI=1S/C6H15N.CH4O.H3O4P.H2O/c1-4-7(5-2)6-3;1-2;1-5(2,3)4;/h4-6H2,1-3H3;2H,1H3;(H3,1,2,3,4);1H2. The van der Waals surface area contributed by atoms with Gasteiger partial charge in [-0.25, -0.2) is 4.57 Å². The number of aliphatic hydroxyl groups is 1. The smallest absolute Gasteiger partial charge is 0.412 e. The Morgan fingerprint density at radius 1 is 0.933 bits per heavy atom. The summed E-state index contributed by atoms with van der Waals surface area (Å²) in [7, 11) is -3.64. The molecule has 0 saturated heterocycles. The molecule has 0 unspecified atom stereocenters. The Kier molecular flexibility index (Phi) is 26.6. The molecule has 0 spiro atoms. The molecular formula is C7H24NO6P. The fraction of sp³-hybridized carbons (Fsp3) is 1.00. The molecule has 0 aliphatic heterocycles. The van der Waals surface area contributed by atoms with Crippen molar-refractivity contribution in [3.05, 3.63) is 0 Å². The summed E-state index contributed by atoms with van der Waals surface area (Å²) in [6, 6.07) is 0. The second-order valence-corrected chi connectivity index (χ2v) is 3.16. The summed E-state index contributed by atoms with van der Waals surface area (Å²) in [5, 5.41) is 7.00. The van der Waals surface area contributed by atoms with Gasteiger partial charge in [0.25, 0.3) is 0 Å². The van der Waals surface area contributed by atoms with E-state index in [2.05, 4.69) is 25.7 Å². The van der Waals surface area contributed by atoms with Crippen LogP contribution in [0.3, 0.4) is 0 Å². The van der Waals surface area contributed by atoms with Crippen molar-refractivity contribution in [2.24, 2.45) is 0 Å². The number of phosphoric acid groups is 1. The number of hydrogen-bond acceptors (Lipinski definition) is 3. The zero-order valence-corrected chi connectivity index (χ0v) is 10.6. The summed E-state index contributed by atoms with van der Waals surface area (Å²) >= 11 is 0. The third-order valence-corrected chi connectivity index (χ3v) is 1.34. The molecule has 0 aromatic rings. The van der Waals surface area contributed by atoms with Crippen molar-refractivity contribution in [2.75, 3.05) is 26.7 Å². The van der Waals surface area contributed by atoms with E-state index in [9.17, 15) is 0 Å². The van der Waals surface area contributed by atoms with E-state index in [1.54, 1.807) is 0 Å². The molecule has 0 heterocycles. The molecule has 0 aliphatic carbocycles. The zero-order chi connectivity index (χ0) is 12.2. The fourth-order valence-corrected chi connectivity index (χ4v) is 0.671. The summed E-state index contributed by atoms with van der Waals surface area (Å²) in [6.07, 6.45) is 0. The molecule has 0 aliphatic rings. The third kappa shape index (κ3) is 56.1. The van der Waals surface area contributed by atoms with E-state index in [0.717, 1.165) is 7.11 Å². The molecule has 15 heavy (non-hydrogen) atoms. The van der Waals surface area contributed by atoms with Crippen LogP contribution in [0.1, 0.15) is 20.8 Å². The van der Waals surface area contributed by atoms with Gasteiger partial charge in [0.05, 0.1) is 0 Å². The van der Waals surface area contributed by atoms with Gasteiger partial charge < -0.3 is 30.2 Å². The van der Waals surface area contributed by atoms with Crippen LogP contribution >= 0.6 is 7.82 Å². The van der Waals surface area contributed by atoms with Crippen LogP contribution in [-0.4, -0.2) is 56.9 Å². The van der Waals surface area contributed by atoms with Crippen molar-refractivity contribution in [3.8, 4) is 0 Å². The van der Waals surface area contributed by atoms with Gasteiger partial charge in [0, 0.05) is 7.11 Å². The van der Waals surface area contributed by atoms with E-state index in [1.807, 2.05) is 0 Å². The highest BCUT2D eigenvalue weighted by Gasteiger charge is 2.00. The molecule has 0 atom stereocenters. The summed E-state index contributed by atoms with van der Waals surface area (Å²) in [4.78, 5) is 23.9. The Hall–Kier alpha value is -0.0100. The molecular weight excluding hydrogens is 225 g/mol. The Labute approximate surface area is 90.9 Å². The summed E-state index contributed by atoms with van der Waals surface area (Å²) in [5.41, 5.74) is 0. The first kappa shape index (κ1) is 24.3. The van der Waals surface area contributed by atoms with Crippen LogP contribution in [0.5, 0.6) is 0 Å². The molecule has 0 saturated carbocycles. The largest absolute Gasteiger partial charge is 0.466 e. The SMILES string of the molecule is CCN(CC)CC.CO.O.O=P(O)(O)O. The highest BCUT2D eigenvalue weighted by Crippen LogP contribution is 2.25. The van der Waals surface area contributed by atoms with Gasteiger partial charge in [-0.05, 0) is 19.6 Å². The van der Waals surface area contributed by atoms with Gasteiger partial charge in [-0.15, -0.1) is 0 Å². The summed E-state index contributed by atoms with van der Waals surface area (Å²) in [6.45, 7) is 10.1. The zero-order valence-electron chi connectivity index (χ0n) is 9.71. The molecule has 0 fully saturated rings. The van der Waals surface area contributed by atoms with Crippen LogP contribution in [0.25, 0.3) is 0 Å². The molecule has 8 heteroatoms. The molecule has 0 rings (SSSR count). The minimum absolute atomic E-state index is 0. The van der Waals surface area contributed by atoms with Crippen LogP contribution in [0, 0.1) is 0 Å². The molecule has 0 amide bonds. The predicted octanol–water partition coefficient (Wildman–Crippen LogP) is -0.797. The van der Waals surface area contributed by atoms with Gasteiger partial charge in [0.15, 0.2) is 0 Å². The van der Waals surface area contributed by atoms with Crippen molar-refractivity contribution in [1.29, 1.82) is 0 Å². The quantitative estimate of drug-likeness (QED) is 0.484. The minimum atomic E-state index is -4.64. The van der Waals surface area contributed by atoms with E-state index < -0.39 is 7.82 Å². The molecule has 6 N–H and O–H groups in total. The lowest BCUT2D eigenvalue weighted by Gasteiger charge is -2.13. The number of rotatable bonds is 3. The highest BCUT2D eigenvalue weighted by molar-refractivity contribution is 7.45. The maximum atomic E-state index is 8.88. The lowest BCUT2D eigenvalue weighted by Crippen LogP contribution is -2.21. The van der Waals surface area contributed by atoms with Crippen LogP contribution in [-0.2, 0) is 4.57 Å². The van der Waals surface area contributed by atoms with E-state index >= 15 is 0 Å². The minimum Gasteiger partial charge on any atom is -0.412 e. The first-order valence-corrected chi connectivity index (χ1v) is 5.86. The second kappa shape index (κ2) is 16.4. The van der Waals surface area contributed by atoms with Crippen LogP contribution < -0.4 is 0 Å². The maximum absolute atomic E-state index is 8.88. The molecule has 0 bridgehead atoms. The van der Waals surface area contributed by atoms with E-state index in [0.29, 0.717) is 0 Å². The number of nitrogens with zero attached hydrogens (tertiary/aromatic N) is 1. The lowest BCUT2D eigenvalue weighted by atomic mass is 10.5. The van der Waals surface area contributed by atoms with E-state index in [-0.39, 0.29) is 5.48 Å². The van der Waals surface area contributed by atoms with Crippen LogP contribution in [0.15, 0.2) is 0 Å². The van der Waals surface area contributed by atoms with Crippen molar-refractivity contribution in [1.82, 2.24) is 4.90 Å². The van der Waals surface area contributed by atoms with Crippen molar-refractivity contribution < 1.29 is 29.8 Å². The molecule has 0 radical (unpaired) electrons. The Morgan fingerprint density at radius 2 is 1.07 bits per heavy atom. The van der Waals surface area contributed by atoms with Gasteiger partial charge in [0.1, 0.15) is 0 Å². The summed E-state index contributed by atoms with van der Waals surface area (Å²) in [5.74, 6) is 0. The normalized spacial score (nSPS) is 9.13. The fourth-order valence-electron chi connectivity index (χ4n) is 0.671. The second-order valence-electron chi connectivity index (χ2n) is 2.13. The Morgan fingerprint density at radius 3 is 1.07 bits per heavy atom. The average molecular weight is 249 g/mol. The Bertz CT molecular complexity index is 122. The van der Waals surface area contributed by atoms with E-state index in [1.165, 1.54) is 19.6 Å². The summed E-state index contributed by atoms with van der Waals surface area (Å²) < 4.78 is 8.88. The lowest BCUT2D eigenvalue weighted by molar-refractivity contribution is 0.275. The first-order chi connectivity index (χ1) is 6.35. The van der Waals surface area contributed by atoms with Gasteiger partial charge >= 0.3 is 7.82 Å². The third-order valence-electron chi connectivity index (χ3n) is 1.34. The van der Waals surface area contributed by atoms with Gasteiger partial charge in [-0.2, -0.15) is 0 Å². The van der Waals surface area contributed by atoms with Gasteiger partial charge in [-0.1, -0.05) is 20.8 Å². The molecule has 0 aromatic carbocycles. The van der Waals surface area contributed by atoms with Gasteiger partial charge in [-0.3, -0.25) is 0 Å². The average Bonchev–Trinajstić information content (AvgIpc) is 2.08. The maximum Gasteiger partial charge on any atom is 0.466 e. The van der Waals surface area contributed by atoms with E-state index in [4.69, 9.17) is 24.4 Å². The van der Waals surface area contributed by atoms with Crippen molar-refractivity contribution in [2.45, 2.75) is 20.8 Å². The molecule has 0 aromatic heterocycles.